The zero-order chi connectivity index (χ0) is 10.1. The monoisotopic (exact) mass is 182 g/mol. The molecule has 0 spiro atoms. The summed E-state index contributed by atoms with van der Waals surface area (Å²) < 4.78 is 0. The van der Waals surface area contributed by atoms with E-state index in [1.165, 1.54) is 27.5 Å². The molecule has 0 unspecified atom stereocenters. The first-order valence-electron chi connectivity index (χ1n) is 4.85. The molecule has 0 radical (unpaired) electrons. The zero-order valence-electron chi connectivity index (χ0n) is 8.67. The van der Waals surface area contributed by atoms with E-state index in [-0.39, 0.29) is 0 Å². The van der Waals surface area contributed by atoms with Gasteiger partial charge in [-0.25, -0.2) is 0 Å². The molecule has 0 amide bonds. The van der Waals surface area contributed by atoms with Crippen LogP contribution in [0.15, 0.2) is 36.9 Å². The first-order valence-corrected chi connectivity index (χ1v) is 4.85. The fourth-order valence-electron chi connectivity index (χ4n) is 1.83. The lowest BCUT2D eigenvalue weighted by molar-refractivity contribution is 1.45. The normalized spacial score (nSPS) is 10.4. The Hall–Kier alpha value is -1.56. The van der Waals surface area contributed by atoms with Crippen LogP contribution in [0.2, 0.25) is 0 Å². The number of hydrogen-bond acceptors (Lipinski definition) is 0. The summed E-state index contributed by atoms with van der Waals surface area (Å²) in [6.45, 7) is 8.10. The minimum absolute atomic E-state index is 1.23. The summed E-state index contributed by atoms with van der Waals surface area (Å²) in [5, 5.41) is 2.64. The van der Waals surface area contributed by atoms with Crippen LogP contribution >= 0.6 is 0 Å². The van der Waals surface area contributed by atoms with Crippen LogP contribution in [0.5, 0.6) is 0 Å². The van der Waals surface area contributed by atoms with E-state index in [1.54, 1.807) is 0 Å². The van der Waals surface area contributed by atoms with Gasteiger partial charge in [-0.3, -0.25) is 0 Å². The molecule has 0 aliphatic rings. The molecule has 0 heterocycles. The van der Waals surface area contributed by atoms with Gasteiger partial charge in [-0.2, -0.15) is 0 Å². The van der Waals surface area contributed by atoms with Crippen molar-refractivity contribution in [3.63, 3.8) is 0 Å². The summed E-state index contributed by atoms with van der Waals surface area (Å²) in [5.74, 6) is 0. The molecule has 0 nitrogen and oxygen atoms in total. The molecular weight excluding hydrogens is 168 g/mol. The third-order valence-corrected chi connectivity index (χ3v) is 2.70. The predicted octanol–water partition coefficient (Wildman–Crippen LogP) is 4.10. The van der Waals surface area contributed by atoms with Crippen LogP contribution < -0.4 is 0 Å². The first kappa shape index (κ1) is 9.01. The Morgan fingerprint density at radius 1 is 1.07 bits per heavy atom. The zero-order valence-corrected chi connectivity index (χ0v) is 8.67. The number of benzene rings is 2. The van der Waals surface area contributed by atoms with E-state index in [9.17, 15) is 0 Å². The van der Waals surface area contributed by atoms with Gasteiger partial charge in [0.05, 0.1) is 0 Å². The van der Waals surface area contributed by atoms with E-state index in [1.807, 2.05) is 6.08 Å². The molecule has 0 aromatic heterocycles. The van der Waals surface area contributed by atoms with Crippen molar-refractivity contribution in [3.8, 4) is 0 Å². The highest BCUT2D eigenvalue weighted by Crippen LogP contribution is 2.23. The fourth-order valence-corrected chi connectivity index (χ4v) is 1.83. The van der Waals surface area contributed by atoms with Crippen LogP contribution in [0.3, 0.4) is 0 Å². The predicted molar refractivity (Wildman–Crippen MR) is 63.5 cm³/mol. The molecule has 0 N–H and O–H groups in total. The lowest BCUT2D eigenvalue weighted by Gasteiger charge is -2.06. The van der Waals surface area contributed by atoms with E-state index in [4.69, 9.17) is 0 Å². The SMILES string of the molecule is C=Cc1cc2cccc(C)c2cc1C. The van der Waals surface area contributed by atoms with Crippen molar-refractivity contribution in [1.29, 1.82) is 0 Å². The minimum atomic E-state index is 1.23. The van der Waals surface area contributed by atoms with Gasteiger partial charge < -0.3 is 0 Å². The Morgan fingerprint density at radius 3 is 2.57 bits per heavy atom. The van der Waals surface area contributed by atoms with Crippen molar-refractivity contribution >= 4 is 16.8 Å². The van der Waals surface area contributed by atoms with Crippen LogP contribution in [0, 0.1) is 13.8 Å². The molecule has 2 rings (SSSR count). The van der Waals surface area contributed by atoms with Crippen LogP contribution in [0.4, 0.5) is 0 Å². The van der Waals surface area contributed by atoms with Crippen molar-refractivity contribution < 1.29 is 0 Å². The molecule has 0 bridgehead atoms. The summed E-state index contributed by atoms with van der Waals surface area (Å²) >= 11 is 0. The smallest absolute Gasteiger partial charge is 0.0152 e. The molecule has 2 aromatic carbocycles. The molecule has 14 heavy (non-hydrogen) atoms. The molecule has 2 aromatic rings. The van der Waals surface area contributed by atoms with E-state index < -0.39 is 0 Å². The van der Waals surface area contributed by atoms with Crippen molar-refractivity contribution in [2.75, 3.05) is 0 Å². The molecule has 0 saturated heterocycles. The van der Waals surface area contributed by atoms with E-state index in [0.717, 1.165) is 0 Å². The van der Waals surface area contributed by atoms with Gasteiger partial charge >= 0.3 is 0 Å². The van der Waals surface area contributed by atoms with Gasteiger partial charge in [-0.05, 0) is 47.4 Å². The highest BCUT2D eigenvalue weighted by atomic mass is 14.0. The van der Waals surface area contributed by atoms with E-state index >= 15 is 0 Å². The van der Waals surface area contributed by atoms with Gasteiger partial charge in [-0.15, -0.1) is 0 Å². The molecule has 0 atom stereocenters. The number of rotatable bonds is 1. The molecular formula is C14H14. The summed E-state index contributed by atoms with van der Waals surface area (Å²) in [5.41, 5.74) is 3.85. The second-order valence-corrected chi connectivity index (χ2v) is 3.71. The number of aryl methyl sites for hydroxylation is 2. The van der Waals surface area contributed by atoms with Crippen LogP contribution in [0.1, 0.15) is 16.7 Å². The van der Waals surface area contributed by atoms with Crippen molar-refractivity contribution in [2.45, 2.75) is 13.8 Å². The highest BCUT2D eigenvalue weighted by molar-refractivity contribution is 5.88. The standard InChI is InChI=1S/C14H14/c1-4-12-9-13-7-5-6-10(2)14(13)8-11(12)3/h4-9H,1H2,2-3H3. The molecule has 0 aliphatic heterocycles. The third kappa shape index (κ3) is 1.33. The summed E-state index contributed by atoms with van der Waals surface area (Å²) in [7, 11) is 0. The number of hydrogen-bond donors (Lipinski definition) is 0. The second-order valence-electron chi connectivity index (χ2n) is 3.71. The van der Waals surface area contributed by atoms with Gasteiger partial charge in [0, 0.05) is 0 Å². The van der Waals surface area contributed by atoms with Gasteiger partial charge in [-0.1, -0.05) is 36.9 Å². The average molecular weight is 182 g/mol. The van der Waals surface area contributed by atoms with Gasteiger partial charge in [0.1, 0.15) is 0 Å². The maximum absolute atomic E-state index is 3.82. The van der Waals surface area contributed by atoms with Crippen molar-refractivity contribution in [2.24, 2.45) is 0 Å². The van der Waals surface area contributed by atoms with Gasteiger partial charge in [0.25, 0.3) is 0 Å². The number of fused-ring (bicyclic) bond motifs is 1. The highest BCUT2D eigenvalue weighted by Gasteiger charge is 2.00. The van der Waals surface area contributed by atoms with Gasteiger partial charge in [0.15, 0.2) is 0 Å². The quantitative estimate of drug-likeness (QED) is 0.623. The van der Waals surface area contributed by atoms with Gasteiger partial charge in [0.2, 0.25) is 0 Å². The Bertz CT molecular complexity index is 493. The van der Waals surface area contributed by atoms with Crippen molar-refractivity contribution in [3.05, 3.63) is 53.6 Å². The second kappa shape index (κ2) is 3.30. The molecule has 0 aliphatic carbocycles. The van der Waals surface area contributed by atoms with E-state index in [2.05, 4.69) is 50.8 Å². The Balaban J connectivity index is 2.85. The first-order chi connectivity index (χ1) is 6.72. The molecule has 0 fully saturated rings. The maximum atomic E-state index is 3.82. The van der Waals surface area contributed by atoms with Crippen LogP contribution in [-0.4, -0.2) is 0 Å². The third-order valence-electron chi connectivity index (χ3n) is 2.70. The Kier molecular flexibility index (Phi) is 2.12. The topological polar surface area (TPSA) is 0 Å². The lowest BCUT2D eigenvalue weighted by Crippen LogP contribution is -1.84. The van der Waals surface area contributed by atoms with E-state index in [0.29, 0.717) is 0 Å². The molecule has 0 saturated carbocycles. The Morgan fingerprint density at radius 2 is 1.86 bits per heavy atom. The van der Waals surface area contributed by atoms with Crippen LogP contribution in [-0.2, 0) is 0 Å². The summed E-state index contributed by atoms with van der Waals surface area (Å²) in [4.78, 5) is 0. The summed E-state index contributed by atoms with van der Waals surface area (Å²) in [6.07, 6.45) is 1.91. The molecule has 70 valence electrons. The largest absolute Gasteiger partial charge is 0.0985 e. The summed E-state index contributed by atoms with van der Waals surface area (Å²) in [6, 6.07) is 10.8. The van der Waals surface area contributed by atoms with Crippen molar-refractivity contribution in [1.82, 2.24) is 0 Å². The average Bonchev–Trinajstić information content (AvgIpc) is 2.19. The minimum Gasteiger partial charge on any atom is -0.0985 e. The van der Waals surface area contributed by atoms with Crippen LogP contribution in [0.25, 0.3) is 16.8 Å². The lowest BCUT2D eigenvalue weighted by atomic mass is 9.99. The fraction of sp³-hybridized carbons (Fsp3) is 0.143. The Labute approximate surface area is 84.9 Å². The maximum Gasteiger partial charge on any atom is -0.0152 e. The molecule has 0 heteroatoms.